The number of nitrogens with one attached hydrogen (secondary N) is 1. The van der Waals surface area contributed by atoms with Gasteiger partial charge in [-0.1, -0.05) is 79.2 Å². The van der Waals surface area contributed by atoms with Crippen molar-refractivity contribution in [3.05, 3.63) is 107 Å². The number of benzene rings is 3. The van der Waals surface area contributed by atoms with Crippen LogP contribution in [0.15, 0.2) is 84.9 Å². The molecule has 0 aromatic heterocycles. The van der Waals surface area contributed by atoms with E-state index in [1.54, 1.807) is 12.1 Å². The van der Waals surface area contributed by atoms with Crippen LogP contribution in [0.4, 0.5) is 4.39 Å². The quantitative estimate of drug-likeness (QED) is 0.477. The average Bonchev–Trinajstić information content (AvgIpc) is 2.85. The Kier molecular flexibility index (Phi) is 7.01. The summed E-state index contributed by atoms with van der Waals surface area (Å²) in [4.78, 5) is 13.0. The molecule has 1 saturated carbocycles. The minimum absolute atomic E-state index is 0.0432. The van der Waals surface area contributed by atoms with E-state index in [1.165, 1.54) is 30.4 Å². The number of ether oxygens (including phenoxy) is 1. The highest BCUT2D eigenvalue weighted by atomic mass is 19.1. The zero-order valence-corrected chi connectivity index (χ0v) is 18.5. The first-order valence-electron chi connectivity index (χ1n) is 11.3. The third kappa shape index (κ3) is 5.08. The molecule has 0 heterocycles. The fraction of sp³-hybridized carbons (Fsp3) is 0.321. The summed E-state index contributed by atoms with van der Waals surface area (Å²) in [6.45, 7) is 0. The molecule has 3 aromatic carbocycles. The maximum absolute atomic E-state index is 13.4. The van der Waals surface area contributed by atoms with Crippen LogP contribution >= 0.6 is 0 Å². The lowest BCUT2D eigenvalue weighted by Gasteiger charge is -2.40. The number of halogens is 1. The summed E-state index contributed by atoms with van der Waals surface area (Å²) in [5.41, 5.74) is 2.75. The molecule has 1 aliphatic carbocycles. The van der Waals surface area contributed by atoms with Crippen LogP contribution in [0.1, 0.15) is 48.4 Å². The number of carbonyl (C=O) groups excluding carboxylic acids is 1. The predicted molar refractivity (Wildman–Crippen MR) is 125 cm³/mol. The van der Waals surface area contributed by atoms with Crippen LogP contribution in [-0.4, -0.2) is 19.1 Å². The highest BCUT2D eigenvalue weighted by Crippen LogP contribution is 2.41. The maximum atomic E-state index is 13.4. The maximum Gasteiger partial charge on any atom is 0.312 e. The molecule has 166 valence electrons. The summed E-state index contributed by atoms with van der Waals surface area (Å²) in [6.07, 6.45) is 3.95. The van der Waals surface area contributed by atoms with Crippen LogP contribution in [0.3, 0.4) is 0 Å². The molecule has 2 atom stereocenters. The molecule has 1 aliphatic rings. The Hall–Kier alpha value is -2.98. The van der Waals surface area contributed by atoms with Gasteiger partial charge in [0.05, 0.1) is 18.6 Å². The van der Waals surface area contributed by atoms with Crippen molar-refractivity contribution in [3.8, 4) is 0 Å². The standard InChI is InChI=1S/C28H30FNO2/c1-32-27(31)28(19-21-14-16-24(29)17-15-21)18-8-13-25(20-28)30-26(22-9-4-2-5-10-22)23-11-6-3-7-12-23/h2-7,9-12,14-17,25-26,30H,8,13,18-20H2,1H3. The molecule has 0 bridgehead atoms. The van der Waals surface area contributed by atoms with E-state index in [0.29, 0.717) is 12.8 Å². The Labute approximate surface area is 189 Å². The highest BCUT2D eigenvalue weighted by Gasteiger charge is 2.44. The van der Waals surface area contributed by atoms with E-state index in [4.69, 9.17) is 4.74 Å². The van der Waals surface area contributed by atoms with Gasteiger partial charge >= 0.3 is 5.97 Å². The number of hydrogen-bond donors (Lipinski definition) is 1. The molecule has 3 aromatic rings. The fourth-order valence-electron chi connectivity index (χ4n) is 5.04. The van der Waals surface area contributed by atoms with Crippen LogP contribution in [0.2, 0.25) is 0 Å². The second-order valence-electron chi connectivity index (χ2n) is 8.79. The Morgan fingerprint density at radius 3 is 2.16 bits per heavy atom. The van der Waals surface area contributed by atoms with Crippen molar-refractivity contribution in [2.45, 2.75) is 44.2 Å². The van der Waals surface area contributed by atoms with Gasteiger partial charge in [0, 0.05) is 6.04 Å². The van der Waals surface area contributed by atoms with Gasteiger partial charge in [-0.25, -0.2) is 4.39 Å². The average molecular weight is 432 g/mol. The molecule has 32 heavy (non-hydrogen) atoms. The van der Waals surface area contributed by atoms with E-state index in [0.717, 1.165) is 24.8 Å². The van der Waals surface area contributed by atoms with Crippen LogP contribution in [-0.2, 0) is 16.0 Å². The molecule has 2 unspecified atom stereocenters. The zero-order chi connectivity index (χ0) is 22.4. The number of esters is 1. The van der Waals surface area contributed by atoms with Crippen LogP contribution in [0.25, 0.3) is 0 Å². The van der Waals surface area contributed by atoms with E-state index < -0.39 is 5.41 Å². The molecule has 0 amide bonds. The number of hydrogen-bond acceptors (Lipinski definition) is 3. The van der Waals surface area contributed by atoms with Gasteiger partial charge in [-0.05, 0) is 54.5 Å². The van der Waals surface area contributed by atoms with Crippen molar-refractivity contribution in [3.63, 3.8) is 0 Å². The van der Waals surface area contributed by atoms with E-state index in [-0.39, 0.29) is 23.9 Å². The van der Waals surface area contributed by atoms with Gasteiger partial charge in [-0.3, -0.25) is 4.79 Å². The lowest BCUT2D eigenvalue weighted by Crippen LogP contribution is -2.46. The van der Waals surface area contributed by atoms with Gasteiger partial charge in [0.1, 0.15) is 5.82 Å². The Balaban J connectivity index is 1.60. The smallest absolute Gasteiger partial charge is 0.312 e. The Morgan fingerprint density at radius 2 is 1.59 bits per heavy atom. The number of carbonyl (C=O) groups is 1. The molecule has 1 N–H and O–H groups in total. The molecular formula is C28H30FNO2. The molecular weight excluding hydrogens is 401 g/mol. The second kappa shape index (κ2) is 10.1. The normalized spacial score (nSPS) is 20.8. The second-order valence-corrected chi connectivity index (χ2v) is 8.79. The van der Waals surface area contributed by atoms with Crippen molar-refractivity contribution in [2.75, 3.05) is 7.11 Å². The largest absolute Gasteiger partial charge is 0.469 e. The van der Waals surface area contributed by atoms with Crippen molar-refractivity contribution >= 4 is 5.97 Å². The molecule has 4 heteroatoms. The van der Waals surface area contributed by atoms with Crippen molar-refractivity contribution < 1.29 is 13.9 Å². The monoisotopic (exact) mass is 431 g/mol. The molecule has 0 aliphatic heterocycles. The molecule has 1 fully saturated rings. The van der Waals surface area contributed by atoms with Crippen LogP contribution in [0, 0.1) is 11.2 Å². The van der Waals surface area contributed by atoms with Gasteiger partial charge in [0.25, 0.3) is 0 Å². The molecule has 3 nitrogen and oxygen atoms in total. The van der Waals surface area contributed by atoms with Crippen molar-refractivity contribution in [1.82, 2.24) is 5.32 Å². The first-order chi connectivity index (χ1) is 15.6. The van der Waals surface area contributed by atoms with Crippen molar-refractivity contribution in [2.24, 2.45) is 5.41 Å². The summed E-state index contributed by atoms with van der Waals surface area (Å²) in [7, 11) is 1.46. The number of rotatable bonds is 7. The molecule has 0 spiro atoms. The van der Waals surface area contributed by atoms with Gasteiger partial charge in [-0.2, -0.15) is 0 Å². The SMILES string of the molecule is COC(=O)C1(Cc2ccc(F)cc2)CCCC(NC(c2ccccc2)c2ccccc2)C1. The summed E-state index contributed by atoms with van der Waals surface area (Å²) in [6, 6.07) is 27.5. The highest BCUT2D eigenvalue weighted by molar-refractivity contribution is 5.77. The van der Waals surface area contributed by atoms with E-state index in [9.17, 15) is 9.18 Å². The summed E-state index contributed by atoms with van der Waals surface area (Å²) in [5, 5.41) is 3.85. The van der Waals surface area contributed by atoms with Crippen LogP contribution < -0.4 is 5.32 Å². The minimum Gasteiger partial charge on any atom is -0.469 e. The third-order valence-corrected chi connectivity index (χ3v) is 6.59. The van der Waals surface area contributed by atoms with Crippen molar-refractivity contribution in [1.29, 1.82) is 0 Å². The lowest BCUT2D eigenvalue weighted by atomic mass is 9.68. The van der Waals surface area contributed by atoms with E-state index >= 15 is 0 Å². The first-order valence-corrected chi connectivity index (χ1v) is 11.3. The van der Waals surface area contributed by atoms with E-state index in [2.05, 4.69) is 53.8 Å². The molecule has 0 saturated heterocycles. The lowest BCUT2D eigenvalue weighted by molar-refractivity contribution is -0.155. The van der Waals surface area contributed by atoms with Gasteiger partial charge in [-0.15, -0.1) is 0 Å². The summed E-state index contributed by atoms with van der Waals surface area (Å²) < 4.78 is 18.7. The van der Waals surface area contributed by atoms with Gasteiger partial charge < -0.3 is 10.1 Å². The topological polar surface area (TPSA) is 38.3 Å². The third-order valence-electron chi connectivity index (χ3n) is 6.59. The minimum atomic E-state index is -0.611. The molecule has 0 radical (unpaired) electrons. The molecule has 4 rings (SSSR count). The van der Waals surface area contributed by atoms with Gasteiger partial charge in [0.15, 0.2) is 0 Å². The number of methoxy groups -OCH3 is 1. The van der Waals surface area contributed by atoms with Crippen LogP contribution in [0.5, 0.6) is 0 Å². The Bertz CT molecular complexity index is 967. The summed E-state index contributed by atoms with van der Waals surface area (Å²) in [5.74, 6) is -0.443. The van der Waals surface area contributed by atoms with Gasteiger partial charge in [0.2, 0.25) is 0 Å². The predicted octanol–water partition coefficient (Wildman–Crippen LogP) is 5.85. The Morgan fingerprint density at radius 1 is 1.00 bits per heavy atom. The fourth-order valence-corrected chi connectivity index (χ4v) is 5.04. The summed E-state index contributed by atoms with van der Waals surface area (Å²) >= 11 is 0. The zero-order valence-electron chi connectivity index (χ0n) is 18.5. The first kappa shape index (κ1) is 22.2. The van der Waals surface area contributed by atoms with E-state index in [1.807, 2.05) is 12.1 Å².